The van der Waals surface area contributed by atoms with E-state index in [-0.39, 0.29) is 47.4 Å². The van der Waals surface area contributed by atoms with Crippen molar-refractivity contribution in [2.75, 3.05) is 41.0 Å². The largest absolute Gasteiger partial charge is 0.359 e. The third-order valence-electron chi connectivity index (χ3n) is 17.3. The topological polar surface area (TPSA) is 217 Å². The molecular formula is C61H81F3N10O6S6. The van der Waals surface area contributed by atoms with Crippen LogP contribution >= 0.6 is 34.0 Å². The van der Waals surface area contributed by atoms with Gasteiger partial charge in [-0.2, -0.15) is 17.4 Å². The standard InChI is InChI=1S/C22H31FN4O2S2.C20H26FN3O2S2.C19H24FN3O2S2/c1-3-27(4-2)31(28,29)26-18-12-10-17(11-13-18)24-22-25-21-19-14-16(23)9-8-15(19)6-5-7-20(21)30-22;1-2-28(25,26)24-16-10-8-15(9-11-16)22-20-23-19-17-12-14(21)7-6-13(17)4-3-5-18(19)27-20;1-27(24,25)23-15-9-7-14(8-10-15)21-19-22-18-16-11-13(20)6-5-12(16)3-2-4-17(18)26-19/h8-9,14,17-18,26H,3-7,10-13H2,1-2H3,(H,24,25);6-7,12,15-16,24H,2-5,8-11H2,1H3,(H,22,23);5-6,11,14-15,23H,2-4,7-10H2,1H3,(H,21,22). The van der Waals surface area contributed by atoms with Gasteiger partial charge in [-0.15, -0.1) is 34.0 Å². The van der Waals surface area contributed by atoms with Gasteiger partial charge in [-0.1, -0.05) is 32.0 Å². The van der Waals surface area contributed by atoms with E-state index in [4.69, 9.17) is 15.0 Å². The molecule has 0 saturated heterocycles. The van der Waals surface area contributed by atoms with Gasteiger partial charge in [0.25, 0.3) is 10.2 Å². The highest BCUT2D eigenvalue weighted by molar-refractivity contribution is 7.89. The fraction of sp³-hybridized carbons (Fsp3) is 0.557. The minimum absolute atomic E-state index is 0.0217. The van der Waals surface area contributed by atoms with Crippen LogP contribution in [0.25, 0.3) is 33.8 Å². The van der Waals surface area contributed by atoms with Crippen LogP contribution in [-0.2, 0) is 68.8 Å². The van der Waals surface area contributed by atoms with E-state index in [2.05, 4.69) is 30.1 Å². The lowest BCUT2D eigenvalue weighted by molar-refractivity contribution is 0.368. The summed E-state index contributed by atoms with van der Waals surface area (Å²) in [5.74, 6) is -0.542. The van der Waals surface area contributed by atoms with Gasteiger partial charge in [0.1, 0.15) is 17.5 Å². The van der Waals surface area contributed by atoms with Crippen molar-refractivity contribution in [1.82, 2.24) is 33.4 Å². The molecule has 6 aromatic rings. The van der Waals surface area contributed by atoms with Gasteiger partial charge in [-0.3, -0.25) is 0 Å². The number of hydrogen-bond donors (Lipinski definition) is 6. The highest BCUT2D eigenvalue weighted by Gasteiger charge is 2.31. The van der Waals surface area contributed by atoms with Crippen molar-refractivity contribution in [3.63, 3.8) is 0 Å². The van der Waals surface area contributed by atoms with Gasteiger partial charge in [0.05, 0.1) is 29.1 Å². The normalized spacial score (nSPS) is 22.0. The number of aromatic nitrogens is 3. The van der Waals surface area contributed by atoms with Gasteiger partial charge < -0.3 is 16.0 Å². The lowest BCUT2D eigenvalue weighted by Gasteiger charge is -2.31. The van der Waals surface area contributed by atoms with Gasteiger partial charge in [0, 0.05) is 80.7 Å². The number of hydrogen-bond acceptors (Lipinski definition) is 15. The molecule has 3 fully saturated rings. The summed E-state index contributed by atoms with van der Waals surface area (Å²) in [4.78, 5) is 18.1. The van der Waals surface area contributed by atoms with Gasteiger partial charge >= 0.3 is 0 Å². The molecule has 86 heavy (non-hydrogen) atoms. The Morgan fingerprint density at radius 3 is 1.08 bits per heavy atom. The smallest absolute Gasteiger partial charge is 0.279 e. The maximum Gasteiger partial charge on any atom is 0.279 e. The average Bonchev–Trinajstić information content (AvgIpc) is 2.04. The lowest BCUT2D eigenvalue weighted by atomic mass is 9.92. The highest BCUT2D eigenvalue weighted by atomic mass is 32.2. The molecule has 3 heterocycles. The first-order valence-corrected chi connectivity index (χ1v) is 38.0. The summed E-state index contributed by atoms with van der Waals surface area (Å²) in [5.41, 5.74) is 9.03. The third kappa shape index (κ3) is 16.8. The molecule has 0 radical (unpaired) electrons. The van der Waals surface area contributed by atoms with Gasteiger partial charge in [0.2, 0.25) is 20.0 Å². The zero-order chi connectivity index (χ0) is 60.8. The Morgan fingerprint density at radius 2 is 0.767 bits per heavy atom. The van der Waals surface area contributed by atoms with Crippen molar-refractivity contribution in [3.8, 4) is 33.8 Å². The van der Waals surface area contributed by atoms with E-state index < -0.39 is 30.3 Å². The second kappa shape index (κ2) is 28.5. The van der Waals surface area contributed by atoms with E-state index in [0.717, 1.165) is 190 Å². The molecule has 6 aliphatic rings. The van der Waals surface area contributed by atoms with E-state index in [9.17, 15) is 38.4 Å². The molecule has 468 valence electrons. The molecule has 6 aliphatic carbocycles. The Hall–Kier alpha value is -4.57. The lowest BCUT2D eigenvalue weighted by Crippen LogP contribution is -2.47. The summed E-state index contributed by atoms with van der Waals surface area (Å²) in [7, 11) is -9.71. The SMILES string of the molecule is CCN(CC)S(=O)(=O)NC1CCC(Nc2nc3c(s2)CCCc2ccc(F)cc2-3)CC1.CCS(=O)(=O)NC1CCC(Nc2nc3c(s2)CCCc2ccc(F)cc2-3)CC1.CS(=O)(=O)NC1CCC(Nc2nc3c(s2)CCCc2ccc(F)cc2-3)CC1. The Balaban J connectivity index is 0.000000143. The van der Waals surface area contributed by atoms with E-state index in [1.165, 1.54) is 54.5 Å². The molecule has 25 heteroatoms. The Labute approximate surface area is 518 Å². The number of thiazole rings is 3. The minimum atomic E-state index is -3.41. The first kappa shape index (κ1) is 64.4. The number of anilines is 3. The third-order valence-corrected chi connectivity index (χ3v) is 24.4. The zero-order valence-corrected chi connectivity index (χ0v) is 54.4. The van der Waals surface area contributed by atoms with E-state index in [0.29, 0.717) is 25.2 Å². The van der Waals surface area contributed by atoms with Crippen LogP contribution in [0.4, 0.5) is 28.6 Å². The first-order chi connectivity index (χ1) is 41.2. The van der Waals surface area contributed by atoms with Crippen molar-refractivity contribution in [2.24, 2.45) is 0 Å². The molecule has 12 rings (SSSR count). The fourth-order valence-electron chi connectivity index (χ4n) is 12.7. The van der Waals surface area contributed by atoms with Gasteiger partial charge in [0.15, 0.2) is 15.4 Å². The molecule has 0 spiro atoms. The predicted octanol–water partition coefficient (Wildman–Crippen LogP) is 12.1. The maximum absolute atomic E-state index is 13.9. The summed E-state index contributed by atoms with van der Waals surface area (Å²) in [6.07, 6.45) is 20.4. The Kier molecular flexibility index (Phi) is 21.3. The number of rotatable bonds is 16. The van der Waals surface area contributed by atoms with E-state index in [1.807, 2.05) is 32.0 Å². The molecule has 0 bridgehead atoms. The fourth-order valence-corrected chi connectivity index (χ4v) is 19.3. The Morgan fingerprint density at radius 1 is 0.453 bits per heavy atom. The number of nitrogens with zero attached hydrogens (tertiary/aromatic N) is 4. The van der Waals surface area contributed by atoms with Crippen molar-refractivity contribution in [2.45, 2.75) is 192 Å². The summed E-state index contributed by atoms with van der Waals surface area (Å²) in [6.45, 7) is 6.32. The molecule has 0 atom stereocenters. The van der Waals surface area contributed by atoms with E-state index >= 15 is 0 Å². The second-order valence-electron chi connectivity index (χ2n) is 23.5. The Bertz CT molecular complexity index is 3650. The van der Waals surface area contributed by atoms with Gasteiger partial charge in [-0.05, 0) is 195 Å². The second-order valence-corrected chi connectivity index (χ2v) is 32.3. The van der Waals surface area contributed by atoms with Crippen LogP contribution in [0.15, 0.2) is 54.6 Å². The molecule has 6 N–H and O–H groups in total. The zero-order valence-electron chi connectivity index (χ0n) is 49.5. The van der Waals surface area contributed by atoms with E-state index in [1.54, 1.807) is 59.1 Å². The molecule has 3 aromatic heterocycles. The molecule has 3 saturated carbocycles. The molecule has 0 aliphatic heterocycles. The number of benzene rings is 3. The van der Waals surface area contributed by atoms with Crippen molar-refractivity contribution >= 4 is 79.7 Å². The van der Waals surface area contributed by atoms with Crippen molar-refractivity contribution < 1.29 is 38.4 Å². The number of aryl methyl sites for hydroxylation is 6. The highest BCUT2D eigenvalue weighted by Crippen LogP contribution is 2.42. The van der Waals surface area contributed by atoms with Crippen LogP contribution in [-0.4, -0.2) is 106 Å². The number of fused-ring (bicyclic) bond motifs is 9. The summed E-state index contributed by atoms with van der Waals surface area (Å²) < 4.78 is 122. The summed E-state index contributed by atoms with van der Waals surface area (Å²) in [5, 5.41) is 13.3. The molecular weight excluding hydrogens is 1220 g/mol. The first-order valence-electron chi connectivity index (χ1n) is 30.6. The predicted molar refractivity (Wildman–Crippen MR) is 343 cm³/mol. The molecule has 3 aromatic carbocycles. The monoisotopic (exact) mass is 1300 g/mol. The van der Waals surface area contributed by atoms with Crippen LogP contribution < -0.4 is 30.1 Å². The maximum atomic E-state index is 13.9. The summed E-state index contributed by atoms with van der Waals surface area (Å²) >= 11 is 5.01. The van der Waals surface area contributed by atoms with Crippen molar-refractivity contribution in [1.29, 1.82) is 0 Å². The van der Waals surface area contributed by atoms with Gasteiger partial charge in [-0.25, -0.2) is 54.4 Å². The molecule has 0 unspecified atom stereocenters. The number of halogens is 3. The van der Waals surface area contributed by atoms with Crippen LogP contribution in [0.5, 0.6) is 0 Å². The van der Waals surface area contributed by atoms with Crippen molar-refractivity contribution in [3.05, 3.63) is 103 Å². The number of sulfonamides is 2. The minimum Gasteiger partial charge on any atom is -0.359 e. The summed E-state index contributed by atoms with van der Waals surface area (Å²) in [6, 6.07) is 15.9. The van der Waals surface area contributed by atoms with Crippen LogP contribution in [0.1, 0.15) is 148 Å². The number of nitrogens with one attached hydrogen (secondary N) is 6. The molecule has 16 nitrogen and oxygen atoms in total. The molecule has 0 amide bonds. The quantitative estimate of drug-likeness (QED) is 0.0534. The van der Waals surface area contributed by atoms with Crippen LogP contribution in [0.2, 0.25) is 0 Å². The average molecular weight is 1300 g/mol. The van der Waals surface area contributed by atoms with Crippen LogP contribution in [0.3, 0.4) is 0 Å². The van der Waals surface area contributed by atoms with Crippen LogP contribution in [0, 0.1) is 17.5 Å².